The largest absolute Gasteiger partial charge is 0.351 e. The van der Waals surface area contributed by atoms with E-state index < -0.39 is 5.54 Å². The molecule has 1 aliphatic carbocycles. The Hall–Kier alpha value is -1.06. The Labute approximate surface area is 96.9 Å². The van der Waals surface area contributed by atoms with Crippen LogP contribution in [0.3, 0.4) is 0 Å². The maximum absolute atomic E-state index is 12.0. The van der Waals surface area contributed by atoms with E-state index in [2.05, 4.69) is 36.4 Å². The number of carbonyl (C=O) groups is 1. The molecule has 4 nitrogen and oxygen atoms in total. The first-order valence-electron chi connectivity index (χ1n) is 6.07. The minimum absolute atomic E-state index is 0.0700. The van der Waals surface area contributed by atoms with Crippen LogP contribution in [-0.4, -0.2) is 22.9 Å². The van der Waals surface area contributed by atoms with Gasteiger partial charge < -0.3 is 5.32 Å². The predicted octanol–water partition coefficient (Wildman–Crippen LogP) is 1.42. The molecule has 0 aromatic rings. The molecule has 90 valence electrons. The van der Waals surface area contributed by atoms with Crippen molar-refractivity contribution in [3.63, 3.8) is 0 Å². The van der Waals surface area contributed by atoms with Crippen molar-refractivity contribution in [3.8, 4) is 0 Å². The molecule has 0 aromatic carbocycles. The molecular weight excluding hydrogens is 202 g/mol. The maximum Gasteiger partial charge on any atom is 0.254 e. The third kappa shape index (κ3) is 1.93. The molecule has 0 aromatic heterocycles. The van der Waals surface area contributed by atoms with E-state index >= 15 is 0 Å². The van der Waals surface area contributed by atoms with Gasteiger partial charge in [0.25, 0.3) is 5.91 Å². The first-order chi connectivity index (χ1) is 7.37. The van der Waals surface area contributed by atoms with Crippen molar-refractivity contribution in [2.75, 3.05) is 0 Å². The number of hydrogen-bond acceptors (Lipinski definition) is 3. The molecule has 0 bridgehead atoms. The highest BCUT2D eigenvalue weighted by Gasteiger charge is 2.53. The Balaban J connectivity index is 2.18. The van der Waals surface area contributed by atoms with Gasteiger partial charge in [-0.15, -0.1) is 0 Å². The van der Waals surface area contributed by atoms with Gasteiger partial charge >= 0.3 is 0 Å². The monoisotopic (exact) mass is 223 g/mol. The zero-order chi connectivity index (χ0) is 12.0. The number of carbonyl (C=O) groups excluding carboxylic acids is 1. The molecule has 1 fully saturated rings. The molecule has 16 heavy (non-hydrogen) atoms. The first kappa shape index (κ1) is 11.4. The molecule has 1 unspecified atom stereocenters. The summed E-state index contributed by atoms with van der Waals surface area (Å²) in [6.07, 6.45) is 3.06. The van der Waals surface area contributed by atoms with Crippen LogP contribution in [0.1, 0.15) is 47.0 Å². The molecule has 2 N–H and O–H groups in total. The van der Waals surface area contributed by atoms with E-state index in [-0.39, 0.29) is 11.4 Å². The normalized spacial score (nSPS) is 30.0. The number of rotatable bonds is 2. The van der Waals surface area contributed by atoms with Crippen molar-refractivity contribution in [1.29, 1.82) is 0 Å². The van der Waals surface area contributed by atoms with E-state index in [0.717, 1.165) is 19.3 Å². The molecule has 0 radical (unpaired) electrons. The third-order valence-corrected chi connectivity index (χ3v) is 3.22. The fourth-order valence-electron chi connectivity index (χ4n) is 2.27. The summed E-state index contributed by atoms with van der Waals surface area (Å²) in [5, 5.41) is 6.11. The van der Waals surface area contributed by atoms with Gasteiger partial charge in [-0.1, -0.05) is 6.92 Å². The van der Waals surface area contributed by atoms with E-state index in [4.69, 9.17) is 0 Å². The van der Waals surface area contributed by atoms with Gasteiger partial charge in [0.15, 0.2) is 5.96 Å². The first-order valence-corrected chi connectivity index (χ1v) is 6.07. The lowest BCUT2D eigenvalue weighted by Crippen LogP contribution is -2.48. The Kier molecular flexibility index (Phi) is 2.48. The zero-order valence-corrected chi connectivity index (χ0v) is 10.6. The van der Waals surface area contributed by atoms with Crippen molar-refractivity contribution in [3.05, 3.63) is 0 Å². The Morgan fingerprint density at radius 3 is 2.56 bits per heavy atom. The molecular formula is C12H21N3O. The summed E-state index contributed by atoms with van der Waals surface area (Å²) in [4.78, 5) is 16.7. The molecule has 4 heteroatoms. The highest BCUT2D eigenvalue weighted by molar-refractivity contribution is 6.07. The lowest BCUT2D eigenvalue weighted by molar-refractivity contribution is -0.124. The molecule has 0 saturated heterocycles. The minimum Gasteiger partial charge on any atom is -0.351 e. The number of guanidine groups is 1. The van der Waals surface area contributed by atoms with Crippen LogP contribution >= 0.6 is 0 Å². The lowest BCUT2D eigenvalue weighted by atomic mass is 9.91. The summed E-state index contributed by atoms with van der Waals surface area (Å²) in [6.45, 7) is 8.22. The van der Waals surface area contributed by atoms with Crippen molar-refractivity contribution in [1.82, 2.24) is 10.6 Å². The highest BCUT2D eigenvalue weighted by atomic mass is 16.2. The fourth-order valence-corrected chi connectivity index (χ4v) is 2.27. The van der Waals surface area contributed by atoms with Crippen LogP contribution in [0.25, 0.3) is 0 Å². The summed E-state index contributed by atoms with van der Waals surface area (Å²) in [7, 11) is 0. The highest BCUT2D eigenvalue weighted by Crippen LogP contribution is 2.45. The number of amides is 1. The molecule has 1 heterocycles. The predicted molar refractivity (Wildman–Crippen MR) is 64.2 cm³/mol. The second-order valence-electron chi connectivity index (χ2n) is 5.84. The number of nitrogens with one attached hydrogen (secondary N) is 2. The van der Waals surface area contributed by atoms with Crippen molar-refractivity contribution < 1.29 is 4.79 Å². The minimum atomic E-state index is -0.479. The standard InChI is InChI=1S/C12H21N3O/c1-5-12(8-6-7-8)9(16)13-10(15-12)14-11(2,3)4/h8H,5-7H2,1-4H3,(H2,13,14,15,16). The van der Waals surface area contributed by atoms with Gasteiger partial charge in [-0.05, 0) is 46.0 Å². The van der Waals surface area contributed by atoms with E-state index in [1.165, 1.54) is 0 Å². The van der Waals surface area contributed by atoms with Crippen molar-refractivity contribution in [2.24, 2.45) is 10.9 Å². The van der Waals surface area contributed by atoms with Crippen LogP contribution in [0, 0.1) is 5.92 Å². The van der Waals surface area contributed by atoms with Gasteiger partial charge in [0.2, 0.25) is 0 Å². The summed E-state index contributed by atoms with van der Waals surface area (Å²) < 4.78 is 0. The fraction of sp³-hybridized carbons (Fsp3) is 0.833. The number of nitrogens with zero attached hydrogens (tertiary/aromatic N) is 1. The quantitative estimate of drug-likeness (QED) is 0.744. The second-order valence-corrected chi connectivity index (χ2v) is 5.84. The second kappa shape index (κ2) is 3.47. The van der Waals surface area contributed by atoms with Crippen molar-refractivity contribution >= 4 is 11.9 Å². The molecule has 2 aliphatic rings. The zero-order valence-electron chi connectivity index (χ0n) is 10.6. The number of aliphatic imine (C=N–C) groups is 1. The van der Waals surface area contributed by atoms with E-state index in [9.17, 15) is 4.79 Å². The lowest BCUT2D eigenvalue weighted by Gasteiger charge is -2.21. The average molecular weight is 223 g/mol. The van der Waals surface area contributed by atoms with Crippen LogP contribution in [0.2, 0.25) is 0 Å². The Morgan fingerprint density at radius 2 is 2.12 bits per heavy atom. The molecule has 1 aliphatic heterocycles. The summed E-state index contributed by atoms with van der Waals surface area (Å²) >= 11 is 0. The molecule has 0 spiro atoms. The Morgan fingerprint density at radius 1 is 1.50 bits per heavy atom. The molecule has 2 rings (SSSR count). The topological polar surface area (TPSA) is 53.5 Å². The van der Waals surface area contributed by atoms with Crippen molar-refractivity contribution in [2.45, 2.75) is 58.0 Å². The Bertz CT molecular complexity index is 339. The van der Waals surface area contributed by atoms with E-state index in [1.54, 1.807) is 0 Å². The van der Waals surface area contributed by atoms with E-state index in [0.29, 0.717) is 11.9 Å². The molecule has 1 amide bonds. The average Bonchev–Trinajstić information content (AvgIpc) is 2.91. The van der Waals surface area contributed by atoms with Gasteiger partial charge in [-0.25, -0.2) is 4.99 Å². The summed E-state index contributed by atoms with van der Waals surface area (Å²) in [5.74, 6) is 1.17. The maximum atomic E-state index is 12.0. The van der Waals surface area contributed by atoms with Gasteiger partial charge in [0.1, 0.15) is 5.54 Å². The third-order valence-electron chi connectivity index (χ3n) is 3.22. The van der Waals surface area contributed by atoms with Crippen LogP contribution in [0.15, 0.2) is 4.99 Å². The van der Waals surface area contributed by atoms with Gasteiger partial charge in [-0.2, -0.15) is 0 Å². The smallest absolute Gasteiger partial charge is 0.254 e. The van der Waals surface area contributed by atoms with Gasteiger partial charge in [-0.3, -0.25) is 10.1 Å². The van der Waals surface area contributed by atoms with Crippen LogP contribution < -0.4 is 10.6 Å². The molecule has 1 atom stereocenters. The van der Waals surface area contributed by atoms with Crippen LogP contribution in [0.4, 0.5) is 0 Å². The SMILES string of the molecule is CCC1(C2CC2)N=C(NC(C)(C)C)NC1=O. The molecule has 1 saturated carbocycles. The van der Waals surface area contributed by atoms with E-state index in [1.807, 2.05) is 6.92 Å². The van der Waals surface area contributed by atoms with Crippen LogP contribution in [0.5, 0.6) is 0 Å². The summed E-state index contributed by atoms with van der Waals surface area (Å²) in [5.41, 5.74) is -0.549. The number of hydrogen-bond donors (Lipinski definition) is 2. The van der Waals surface area contributed by atoms with Gasteiger partial charge in [0, 0.05) is 5.54 Å². The van der Waals surface area contributed by atoms with Crippen LogP contribution in [-0.2, 0) is 4.79 Å². The summed E-state index contributed by atoms with van der Waals surface area (Å²) in [6, 6.07) is 0. The van der Waals surface area contributed by atoms with Gasteiger partial charge in [0.05, 0.1) is 0 Å².